The molecule has 0 amide bonds. The van der Waals surface area contributed by atoms with Crippen LogP contribution >= 0.6 is 0 Å². The monoisotopic (exact) mass is 452 g/mol. The summed E-state index contributed by atoms with van der Waals surface area (Å²) in [6.45, 7) is 4.23. The van der Waals surface area contributed by atoms with Gasteiger partial charge >= 0.3 is 5.97 Å². The number of carboxylic acid groups (broad SMARTS) is 1. The molecule has 0 spiro atoms. The SMILES string of the molecule is CC(C)c1ccc(-c2nn3c([C@H]4[C@H](C(=O)O)[C@H]5C=C[C@H]4C5)nc4ccccc4c3nc2=O)cc1. The summed E-state index contributed by atoms with van der Waals surface area (Å²) in [7, 11) is 0. The number of para-hydroxylation sites is 1. The van der Waals surface area contributed by atoms with Crippen molar-refractivity contribution in [2.24, 2.45) is 17.8 Å². The van der Waals surface area contributed by atoms with Crippen LogP contribution in [0.3, 0.4) is 0 Å². The average Bonchev–Trinajstić information content (AvgIpc) is 3.45. The molecule has 2 aromatic carbocycles. The van der Waals surface area contributed by atoms with Gasteiger partial charge in [-0.1, -0.05) is 62.4 Å². The van der Waals surface area contributed by atoms with Crippen LogP contribution in [0.25, 0.3) is 27.8 Å². The highest BCUT2D eigenvalue weighted by Gasteiger charge is 2.50. The zero-order chi connectivity index (χ0) is 23.6. The third-order valence-electron chi connectivity index (χ3n) is 7.30. The third-order valence-corrected chi connectivity index (χ3v) is 7.30. The number of hydrogen-bond donors (Lipinski definition) is 1. The summed E-state index contributed by atoms with van der Waals surface area (Å²) in [4.78, 5) is 34.7. The minimum atomic E-state index is -0.830. The van der Waals surface area contributed by atoms with Crippen LogP contribution < -0.4 is 5.56 Å². The van der Waals surface area contributed by atoms with Crippen molar-refractivity contribution in [2.75, 3.05) is 0 Å². The Balaban J connectivity index is 1.62. The van der Waals surface area contributed by atoms with Gasteiger partial charge in [0.15, 0.2) is 11.3 Å². The number of carbonyl (C=O) groups is 1. The van der Waals surface area contributed by atoms with Crippen LogP contribution in [0.4, 0.5) is 0 Å². The normalized spacial score (nSPS) is 23.4. The average molecular weight is 453 g/mol. The van der Waals surface area contributed by atoms with E-state index in [1.54, 1.807) is 4.52 Å². The highest BCUT2D eigenvalue weighted by Crippen LogP contribution is 2.52. The Morgan fingerprint density at radius 2 is 1.76 bits per heavy atom. The molecule has 2 aromatic heterocycles. The fourth-order valence-corrected chi connectivity index (χ4v) is 5.59. The number of fused-ring (bicyclic) bond motifs is 5. The molecule has 0 aliphatic heterocycles. The first-order chi connectivity index (χ1) is 16.4. The van der Waals surface area contributed by atoms with E-state index >= 15 is 0 Å². The second-order valence-electron chi connectivity index (χ2n) is 9.60. The van der Waals surface area contributed by atoms with Crippen LogP contribution in [-0.2, 0) is 4.79 Å². The van der Waals surface area contributed by atoms with Gasteiger partial charge in [0.05, 0.1) is 11.4 Å². The van der Waals surface area contributed by atoms with Crippen molar-refractivity contribution in [2.45, 2.75) is 32.1 Å². The second-order valence-corrected chi connectivity index (χ2v) is 9.60. The van der Waals surface area contributed by atoms with Gasteiger partial charge in [-0.15, -0.1) is 0 Å². The number of benzene rings is 2. The highest BCUT2D eigenvalue weighted by molar-refractivity contribution is 5.91. The topological polar surface area (TPSA) is 97.5 Å². The number of aromatic nitrogens is 4. The van der Waals surface area contributed by atoms with E-state index in [1.165, 1.54) is 5.56 Å². The van der Waals surface area contributed by atoms with Gasteiger partial charge in [-0.3, -0.25) is 9.59 Å². The van der Waals surface area contributed by atoms with E-state index in [0.717, 1.165) is 6.42 Å². The summed E-state index contributed by atoms with van der Waals surface area (Å²) >= 11 is 0. The van der Waals surface area contributed by atoms with Crippen molar-refractivity contribution in [1.29, 1.82) is 0 Å². The molecule has 1 saturated carbocycles. The maximum atomic E-state index is 13.1. The van der Waals surface area contributed by atoms with Gasteiger partial charge in [0.25, 0.3) is 5.56 Å². The fourth-order valence-electron chi connectivity index (χ4n) is 5.59. The van der Waals surface area contributed by atoms with E-state index in [-0.39, 0.29) is 23.4 Å². The Morgan fingerprint density at radius 1 is 1.03 bits per heavy atom. The maximum Gasteiger partial charge on any atom is 0.307 e. The number of allylic oxidation sites excluding steroid dienone is 2. The first kappa shape index (κ1) is 20.7. The minimum Gasteiger partial charge on any atom is -0.481 e. The Kier molecular flexibility index (Phi) is 4.62. The molecule has 2 aliphatic carbocycles. The van der Waals surface area contributed by atoms with E-state index < -0.39 is 17.4 Å². The van der Waals surface area contributed by atoms with Crippen LogP contribution in [0.5, 0.6) is 0 Å². The van der Waals surface area contributed by atoms with E-state index in [9.17, 15) is 14.7 Å². The Labute approximate surface area is 195 Å². The summed E-state index contributed by atoms with van der Waals surface area (Å²) in [5, 5.41) is 15.5. The molecule has 6 rings (SSSR count). The Hall–Kier alpha value is -3.87. The number of hydrogen-bond acceptors (Lipinski definition) is 5. The summed E-state index contributed by atoms with van der Waals surface area (Å²) in [5.41, 5.74) is 2.75. The smallest absolute Gasteiger partial charge is 0.307 e. The van der Waals surface area contributed by atoms with Crippen molar-refractivity contribution in [1.82, 2.24) is 19.6 Å². The molecule has 4 atom stereocenters. The van der Waals surface area contributed by atoms with Crippen LogP contribution in [0.2, 0.25) is 0 Å². The lowest BCUT2D eigenvalue weighted by Gasteiger charge is -2.25. The molecule has 1 fully saturated rings. The Morgan fingerprint density at radius 3 is 2.50 bits per heavy atom. The van der Waals surface area contributed by atoms with E-state index in [2.05, 4.69) is 24.9 Å². The standard InChI is InChI=1S/C27H24N4O3/c1-14(2)15-7-9-16(10-8-15)23-26(32)29-24-19-5-3-4-6-20(19)28-25(31(24)30-23)21-17-11-12-18(13-17)22(21)27(33)34/h3-12,14,17-18,21-22H,13H2,1-2H3,(H,33,34)/t17-,18-,21+,22+/m0/s1. The lowest BCUT2D eigenvalue weighted by atomic mass is 9.82. The summed E-state index contributed by atoms with van der Waals surface area (Å²) in [6, 6.07) is 15.2. The predicted octanol–water partition coefficient (Wildman–Crippen LogP) is 4.42. The molecular weight excluding hydrogens is 428 g/mol. The van der Waals surface area contributed by atoms with Gasteiger partial charge in [0.1, 0.15) is 5.82 Å². The first-order valence-corrected chi connectivity index (χ1v) is 11.6. The van der Waals surface area contributed by atoms with Crippen molar-refractivity contribution in [3.05, 3.63) is 82.4 Å². The maximum absolute atomic E-state index is 13.1. The Bertz CT molecular complexity index is 1540. The first-order valence-electron chi connectivity index (χ1n) is 11.6. The third kappa shape index (κ3) is 3.07. The molecule has 4 aromatic rings. The molecule has 2 heterocycles. The van der Waals surface area contributed by atoms with Crippen molar-refractivity contribution in [3.63, 3.8) is 0 Å². The molecule has 2 aliphatic rings. The van der Waals surface area contributed by atoms with Crippen LogP contribution in [0, 0.1) is 17.8 Å². The van der Waals surface area contributed by atoms with Crippen molar-refractivity contribution in [3.8, 4) is 11.3 Å². The number of carboxylic acids is 1. The minimum absolute atomic E-state index is 0.0220. The molecule has 7 heteroatoms. The van der Waals surface area contributed by atoms with Gasteiger partial charge in [0, 0.05) is 16.9 Å². The van der Waals surface area contributed by atoms with Gasteiger partial charge in [-0.05, 0) is 41.9 Å². The predicted molar refractivity (Wildman–Crippen MR) is 129 cm³/mol. The second kappa shape index (κ2) is 7.58. The zero-order valence-corrected chi connectivity index (χ0v) is 18.9. The molecule has 0 radical (unpaired) electrons. The van der Waals surface area contributed by atoms with Crippen LogP contribution in [0.15, 0.2) is 65.5 Å². The largest absolute Gasteiger partial charge is 0.481 e. The summed E-state index contributed by atoms with van der Waals surface area (Å²) < 4.78 is 1.62. The number of aliphatic carboxylic acids is 1. The quantitative estimate of drug-likeness (QED) is 0.364. The molecule has 7 nitrogen and oxygen atoms in total. The highest BCUT2D eigenvalue weighted by atomic mass is 16.4. The van der Waals surface area contributed by atoms with Gasteiger partial charge in [0.2, 0.25) is 0 Å². The molecule has 170 valence electrons. The molecule has 0 unspecified atom stereocenters. The van der Waals surface area contributed by atoms with E-state index in [0.29, 0.717) is 33.9 Å². The number of rotatable bonds is 4. The van der Waals surface area contributed by atoms with E-state index in [4.69, 9.17) is 10.1 Å². The lowest BCUT2D eigenvalue weighted by Crippen LogP contribution is -2.29. The summed E-state index contributed by atoms with van der Waals surface area (Å²) in [5.74, 6) is -0.786. The molecule has 0 saturated heterocycles. The lowest BCUT2D eigenvalue weighted by molar-refractivity contribution is -0.143. The number of nitrogens with zero attached hydrogens (tertiary/aromatic N) is 4. The fraction of sp³-hybridized carbons (Fsp3) is 0.296. The molecule has 34 heavy (non-hydrogen) atoms. The van der Waals surface area contributed by atoms with Crippen LogP contribution in [0.1, 0.15) is 43.5 Å². The van der Waals surface area contributed by atoms with Gasteiger partial charge in [-0.25, -0.2) is 4.98 Å². The molecule has 1 N–H and O–H groups in total. The molecule has 2 bridgehead atoms. The van der Waals surface area contributed by atoms with Crippen LogP contribution in [-0.4, -0.2) is 30.7 Å². The van der Waals surface area contributed by atoms with E-state index in [1.807, 2.05) is 54.6 Å². The summed E-state index contributed by atoms with van der Waals surface area (Å²) in [6.07, 6.45) is 4.89. The van der Waals surface area contributed by atoms with Crippen molar-refractivity contribution >= 4 is 22.5 Å². The van der Waals surface area contributed by atoms with Gasteiger partial charge in [-0.2, -0.15) is 14.6 Å². The van der Waals surface area contributed by atoms with Gasteiger partial charge < -0.3 is 5.11 Å². The molecular formula is C27H24N4O3. The van der Waals surface area contributed by atoms with Crippen molar-refractivity contribution < 1.29 is 9.90 Å². The zero-order valence-electron chi connectivity index (χ0n) is 18.9.